The van der Waals surface area contributed by atoms with Gasteiger partial charge in [-0.1, -0.05) is 12.1 Å². The van der Waals surface area contributed by atoms with Gasteiger partial charge in [0.2, 0.25) is 0 Å². The summed E-state index contributed by atoms with van der Waals surface area (Å²) in [6, 6.07) is 7.12. The Morgan fingerprint density at radius 2 is 2.14 bits per heavy atom. The maximum Gasteiger partial charge on any atom is 0.287 e. The highest BCUT2D eigenvalue weighted by Crippen LogP contribution is 2.29. The predicted octanol–water partition coefficient (Wildman–Crippen LogP) is 2.26. The summed E-state index contributed by atoms with van der Waals surface area (Å²) >= 11 is 0. The number of nitrogens with zero attached hydrogens (tertiary/aromatic N) is 2. The maximum absolute atomic E-state index is 12.4. The minimum atomic E-state index is -0.317. The van der Waals surface area contributed by atoms with Crippen LogP contribution in [0.5, 0.6) is 5.75 Å². The third kappa shape index (κ3) is 2.90. The number of para-hydroxylation sites is 1. The van der Waals surface area contributed by atoms with Gasteiger partial charge in [0.05, 0.1) is 18.7 Å². The summed E-state index contributed by atoms with van der Waals surface area (Å²) in [5.74, 6) is 0.0720. The Kier molecular flexibility index (Phi) is 4.00. The average molecular weight is 299 g/mol. The van der Waals surface area contributed by atoms with Crippen molar-refractivity contribution >= 4 is 11.8 Å². The molecule has 2 aliphatic rings. The predicted molar refractivity (Wildman–Crippen MR) is 79.8 cm³/mol. The molecule has 6 heteroatoms. The van der Waals surface area contributed by atoms with Crippen LogP contribution < -0.4 is 10.1 Å². The van der Waals surface area contributed by atoms with Crippen molar-refractivity contribution in [2.24, 2.45) is 10.2 Å². The Morgan fingerprint density at radius 1 is 1.32 bits per heavy atom. The van der Waals surface area contributed by atoms with Crippen LogP contribution in [-0.2, 0) is 4.79 Å². The summed E-state index contributed by atoms with van der Waals surface area (Å²) < 4.78 is 5.21. The van der Waals surface area contributed by atoms with Gasteiger partial charge < -0.3 is 10.1 Å². The van der Waals surface area contributed by atoms with Gasteiger partial charge in [-0.05, 0) is 37.0 Å². The normalized spacial score (nSPS) is 23.5. The van der Waals surface area contributed by atoms with Gasteiger partial charge in [0.25, 0.3) is 11.8 Å². The first-order valence-corrected chi connectivity index (χ1v) is 7.26. The Hall–Kier alpha value is -2.50. The minimum absolute atomic E-state index is 0.000937. The Bertz CT molecular complexity index is 666. The van der Waals surface area contributed by atoms with Gasteiger partial charge in [-0.3, -0.25) is 9.59 Å². The standard InChI is InChI=1S/C16H17N3O3/c1-22-14-5-3-2-4-12(14)16(21)17-11-6-7-13-10(8-11)9-15(20)19-18-13/h2-5,9,11,13H,6-8H2,1H3,(H,17,21). The van der Waals surface area contributed by atoms with E-state index in [-0.39, 0.29) is 23.9 Å². The maximum atomic E-state index is 12.4. The van der Waals surface area contributed by atoms with Crippen LogP contribution in [0.15, 0.2) is 46.1 Å². The fraction of sp³-hybridized carbons (Fsp3) is 0.375. The van der Waals surface area contributed by atoms with E-state index in [2.05, 4.69) is 15.5 Å². The highest BCUT2D eigenvalue weighted by atomic mass is 16.5. The summed E-state index contributed by atoms with van der Waals surface area (Å²) in [6.07, 6.45) is 3.78. The van der Waals surface area contributed by atoms with Gasteiger partial charge in [-0.2, -0.15) is 5.11 Å². The first-order valence-electron chi connectivity index (χ1n) is 7.26. The van der Waals surface area contributed by atoms with E-state index in [1.54, 1.807) is 31.4 Å². The molecule has 6 nitrogen and oxygen atoms in total. The van der Waals surface area contributed by atoms with E-state index in [0.717, 1.165) is 18.4 Å². The monoisotopic (exact) mass is 299 g/mol. The Morgan fingerprint density at radius 3 is 2.95 bits per heavy atom. The van der Waals surface area contributed by atoms with Gasteiger partial charge in [0.1, 0.15) is 5.75 Å². The molecule has 1 aromatic rings. The lowest BCUT2D eigenvalue weighted by Gasteiger charge is -2.30. The fourth-order valence-electron chi connectivity index (χ4n) is 2.89. The molecule has 0 bridgehead atoms. The number of fused-ring (bicyclic) bond motifs is 1. The molecule has 1 fully saturated rings. The summed E-state index contributed by atoms with van der Waals surface area (Å²) in [5, 5.41) is 10.6. The molecule has 1 saturated carbocycles. The lowest BCUT2D eigenvalue weighted by molar-refractivity contribution is -0.114. The van der Waals surface area contributed by atoms with Gasteiger partial charge in [0, 0.05) is 12.1 Å². The largest absolute Gasteiger partial charge is 0.496 e. The molecule has 1 aliphatic heterocycles. The summed E-state index contributed by atoms with van der Waals surface area (Å²) in [4.78, 5) is 23.7. The number of carbonyl (C=O) groups is 2. The number of rotatable bonds is 3. The summed E-state index contributed by atoms with van der Waals surface area (Å²) in [5.41, 5.74) is 1.47. The van der Waals surface area contributed by atoms with Crippen molar-refractivity contribution in [3.63, 3.8) is 0 Å². The second-order valence-electron chi connectivity index (χ2n) is 5.44. The van der Waals surface area contributed by atoms with Gasteiger partial charge in [-0.25, -0.2) is 0 Å². The molecule has 2 unspecified atom stereocenters. The minimum Gasteiger partial charge on any atom is -0.496 e. The molecule has 1 aliphatic carbocycles. The number of benzene rings is 1. The highest BCUT2D eigenvalue weighted by Gasteiger charge is 2.29. The van der Waals surface area contributed by atoms with E-state index in [0.29, 0.717) is 17.7 Å². The third-order valence-corrected chi connectivity index (χ3v) is 3.99. The lowest BCUT2D eigenvalue weighted by Crippen LogP contribution is -2.39. The highest BCUT2D eigenvalue weighted by molar-refractivity contribution is 5.97. The zero-order valence-electron chi connectivity index (χ0n) is 12.3. The number of ether oxygens (including phenoxy) is 1. The molecule has 22 heavy (non-hydrogen) atoms. The van der Waals surface area contributed by atoms with E-state index in [1.807, 2.05) is 6.07 Å². The van der Waals surface area contributed by atoms with Crippen LogP contribution in [0.2, 0.25) is 0 Å². The Balaban J connectivity index is 1.69. The molecule has 3 rings (SSSR count). The van der Waals surface area contributed by atoms with Crippen LogP contribution in [-0.4, -0.2) is 31.0 Å². The third-order valence-electron chi connectivity index (χ3n) is 3.99. The van der Waals surface area contributed by atoms with Crippen molar-refractivity contribution in [1.82, 2.24) is 5.32 Å². The van der Waals surface area contributed by atoms with Crippen LogP contribution in [0.25, 0.3) is 0 Å². The van der Waals surface area contributed by atoms with Crippen LogP contribution in [0.3, 0.4) is 0 Å². The number of hydrogen-bond acceptors (Lipinski definition) is 4. The van der Waals surface area contributed by atoms with E-state index < -0.39 is 0 Å². The first-order chi connectivity index (χ1) is 10.7. The molecule has 114 valence electrons. The zero-order chi connectivity index (χ0) is 15.5. The lowest BCUT2D eigenvalue weighted by atomic mass is 9.86. The van der Waals surface area contributed by atoms with E-state index in [9.17, 15) is 9.59 Å². The van der Waals surface area contributed by atoms with E-state index in [4.69, 9.17) is 4.74 Å². The second kappa shape index (κ2) is 6.09. The van der Waals surface area contributed by atoms with Crippen molar-refractivity contribution in [2.75, 3.05) is 7.11 Å². The number of methoxy groups -OCH3 is 1. The fourth-order valence-corrected chi connectivity index (χ4v) is 2.89. The Labute approximate surface area is 128 Å². The van der Waals surface area contributed by atoms with Crippen molar-refractivity contribution in [3.8, 4) is 5.75 Å². The zero-order valence-corrected chi connectivity index (χ0v) is 12.3. The molecule has 0 aromatic heterocycles. The quantitative estimate of drug-likeness (QED) is 0.929. The molecule has 0 radical (unpaired) electrons. The van der Waals surface area contributed by atoms with E-state index in [1.165, 1.54) is 0 Å². The van der Waals surface area contributed by atoms with Crippen molar-refractivity contribution in [1.29, 1.82) is 0 Å². The molecule has 0 saturated heterocycles. The van der Waals surface area contributed by atoms with Gasteiger partial charge >= 0.3 is 0 Å². The molecular weight excluding hydrogens is 282 g/mol. The number of nitrogens with one attached hydrogen (secondary N) is 1. The van der Waals surface area contributed by atoms with Crippen LogP contribution in [0, 0.1) is 0 Å². The van der Waals surface area contributed by atoms with Crippen LogP contribution in [0.4, 0.5) is 0 Å². The van der Waals surface area contributed by atoms with Crippen molar-refractivity contribution < 1.29 is 14.3 Å². The van der Waals surface area contributed by atoms with Crippen molar-refractivity contribution in [2.45, 2.75) is 31.3 Å². The number of hydrogen-bond donors (Lipinski definition) is 1. The van der Waals surface area contributed by atoms with E-state index >= 15 is 0 Å². The SMILES string of the molecule is COc1ccccc1C(=O)NC1CCC2N=NC(=O)C=C2C1. The van der Waals surface area contributed by atoms with Crippen LogP contribution >= 0.6 is 0 Å². The van der Waals surface area contributed by atoms with Crippen LogP contribution in [0.1, 0.15) is 29.6 Å². The summed E-state index contributed by atoms with van der Waals surface area (Å²) in [6.45, 7) is 0. The number of carbonyl (C=O) groups excluding carboxylic acids is 2. The smallest absolute Gasteiger partial charge is 0.287 e. The molecule has 1 aromatic carbocycles. The van der Waals surface area contributed by atoms with Gasteiger partial charge in [0.15, 0.2) is 0 Å². The molecule has 1 heterocycles. The molecule has 1 N–H and O–H groups in total. The number of azo groups is 1. The molecule has 0 spiro atoms. The molecule has 2 atom stereocenters. The first kappa shape index (κ1) is 14.4. The topological polar surface area (TPSA) is 80.1 Å². The van der Waals surface area contributed by atoms with Gasteiger partial charge in [-0.15, -0.1) is 5.11 Å². The summed E-state index contributed by atoms with van der Waals surface area (Å²) in [7, 11) is 1.54. The van der Waals surface area contributed by atoms with Crippen molar-refractivity contribution in [3.05, 3.63) is 41.5 Å². The number of amides is 2. The average Bonchev–Trinajstić information content (AvgIpc) is 2.54. The molecule has 2 amide bonds. The molecular formula is C16H17N3O3. The second-order valence-corrected chi connectivity index (χ2v) is 5.44.